The van der Waals surface area contributed by atoms with Crippen LogP contribution in [0.25, 0.3) is 0 Å². The summed E-state index contributed by atoms with van der Waals surface area (Å²) in [5.41, 5.74) is 0.355. The summed E-state index contributed by atoms with van der Waals surface area (Å²) in [6, 6.07) is 1.41. The first kappa shape index (κ1) is 24.2. The van der Waals surface area contributed by atoms with E-state index in [0.717, 1.165) is 5.32 Å². The summed E-state index contributed by atoms with van der Waals surface area (Å²) in [6.45, 7) is 17.7. The van der Waals surface area contributed by atoms with Crippen LogP contribution < -0.4 is 11.2 Å². The fourth-order valence-corrected chi connectivity index (χ4v) is 19.5. The topological polar surface area (TPSA) is 82.6 Å². The van der Waals surface area contributed by atoms with E-state index in [1.54, 1.807) is 10.8 Å². The molecule has 0 aliphatic carbocycles. The molecule has 3 atom stereocenters. The third-order valence-corrected chi connectivity index (χ3v) is 19.5. The van der Waals surface area contributed by atoms with Gasteiger partial charge >= 0.3 is 188 Å². The van der Waals surface area contributed by atoms with Gasteiger partial charge in [-0.2, -0.15) is 0 Å². The Hall–Kier alpha value is -0.487. The third-order valence-electron chi connectivity index (χ3n) is 6.40. The Morgan fingerprint density at radius 1 is 0.967 bits per heavy atom. The van der Waals surface area contributed by atoms with Crippen LogP contribution in [0.2, 0.25) is 27.5 Å². The number of aromatic amines is 1. The number of fused-ring (bicyclic) bond motifs is 1. The zero-order valence-corrected chi connectivity index (χ0v) is 23.0. The number of aromatic nitrogens is 2. The molecule has 0 aromatic carbocycles. The van der Waals surface area contributed by atoms with Crippen LogP contribution in [0.15, 0.2) is 21.9 Å². The van der Waals surface area contributed by atoms with E-state index in [-0.39, 0.29) is 54.4 Å². The Balaban J connectivity index is 2.14. The zero-order chi connectivity index (χ0) is 22.4. The number of rotatable bonds is 5. The van der Waals surface area contributed by atoms with Gasteiger partial charge < -0.3 is 0 Å². The normalized spacial score (nSPS) is 28.3. The van der Waals surface area contributed by atoms with Crippen molar-refractivity contribution in [3.05, 3.63) is 33.1 Å². The van der Waals surface area contributed by atoms with Crippen LogP contribution >= 0.6 is 0 Å². The second kappa shape index (κ2) is 8.80. The SMILES string of the molecule is CC(C)[Si]1(C(C)C)O[C@H]2C[Se]C(n3ccc(=O)[nH]c3=O)[C@@H]2O[Si](C(C)C)(C(C)C)O1. The minimum absolute atomic E-state index is 0.0721. The van der Waals surface area contributed by atoms with Crippen molar-refractivity contribution in [1.29, 1.82) is 0 Å². The molecule has 1 aromatic rings. The summed E-state index contributed by atoms with van der Waals surface area (Å²) in [5.74, 6) is 0. The van der Waals surface area contributed by atoms with Crippen LogP contribution in [0.1, 0.15) is 60.3 Å². The van der Waals surface area contributed by atoms with Gasteiger partial charge in [-0.25, -0.2) is 0 Å². The standard InChI is InChI=1S/C20H36N2O5SeSi2/c1-12(2)29(13(3)4)25-16-11-28-19(22-10-9-17(23)21-20(22)24)18(16)26-30(27-29,14(5)6)15(7)8/h9-10,12-16,18-19H,11H2,1-8H3,(H,21,23,24)/t16-,18+,19?/m0/s1. The quantitative estimate of drug-likeness (QED) is 0.603. The first-order chi connectivity index (χ1) is 13.9. The van der Waals surface area contributed by atoms with E-state index in [1.807, 2.05) is 0 Å². The second-order valence-corrected chi connectivity index (χ2v) is 20.8. The zero-order valence-electron chi connectivity index (χ0n) is 19.3. The van der Waals surface area contributed by atoms with E-state index >= 15 is 0 Å². The van der Waals surface area contributed by atoms with Gasteiger partial charge in [0.15, 0.2) is 0 Å². The van der Waals surface area contributed by atoms with E-state index in [9.17, 15) is 9.59 Å². The molecule has 2 fully saturated rings. The summed E-state index contributed by atoms with van der Waals surface area (Å²) in [4.78, 5) is 26.4. The van der Waals surface area contributed by atoms with Crippen molar-refractivity contribution in [3.8, 4) is 0 Å². The number of hydrogen-bond acceptors (Lipinski definition) is 5. The van der Waals surface area contributed by atoms with Crippen molar-refractivity contribution in [2.45, 2.75) is 100 Å². The molecule has 1 N–H and O–H groups in total. The first-order valence-corrected chi connectivity index (χ1v) is 17.1. The molecule has 10 heteroatoms. The third kappa shape index (κ3) is 4.00. The van der Waals surface area contributed by atoms with Crippen LogP contribution in [-0.2, 0) is 13.0 Å². The van der Waals surface area contributed by atoms with E-state index in [2.05, 4.69) is 60.4 Å². The summed E-state index contributed by atoms with van der Waals surface area (Å²) >= 11 is 0.122. The van der Waals surface area contributed by atoms with Crippen LogP contribution in [-0.4, -0.2) is 53.8 Å². The fraction of sp³-hybridized carbons (Fsp3) is 0.800. The number of hydrogen-bond donors (Lipinski definition) is 1. The van der Waals surface area contributed by atoms with Gasteiger partial charge in [0, 0.05) is 0 Å². The number of nitrogens with one attached hydrogen (secondary N) is 1. The average Bonchev–Trinajstić information content (AvgIpc) is 2.92. The number of H-pyrrole nitrogens is 1. The van der Waals surface area contributed by atoms with Crippen molar-refractivity contribution in [2.75, 3.05) is 0 Å². The molecule has 0 saturated carbocycles. The molecule has 0 spiro atoms. The predicted octanol–water partition coefficient (Wildman–Crippen LogP) is 3.50. The monoisotopic (exact) mass is 520 g/mol. The first-order valence-electron chi connectivity index (χ1n) is 10.9. The van der Waals surface area contributed by atoms with Gasteiger partial charge in [-0.05, 0) is 0 Å². The maximum absolute atomic E-state index is 12.6. The van der Waals surface area contributed by atoms with E-state index in [4.69, 9.17) is 13.0 Å². The molecular weight excluding hydrogens is 483 g/mol. The molecule has 1 unspecified atom stereocenters. The summed E-state index contributed by atoms with van der Waals surface area (Å²) in [5, 5.41) is 0.881. The Morgan fingerprint density at radius 2 is 1.50 bits per heavy atom. The average molecular weight is 520 g/mol. The van der Waals surface area contributed by atoms with E-state index < -0.39 is 17.1 Å². The van der Waals surface area contributed by atoms with Crippen molar-refractivity contribution in [3.63, 3.8) is 0 Å². The molecule has 30 heavy (non-hydrogen) atoms. The molecule has 0 amide bonds. The molecule has 0 radical (unpaired) electrons. The van der Waals surface area contributed by atoms with Crippen molar-refractivity contribution in [1.82, 2.24) is 9.55 Å². The van der Waals surface area contributed by atoms with Gasteiger partial charge in [-0.1, -0.05) is 0 Å². The molecule has 2 aliphatic rings. The van der Waals surface area contributed by atoms with Crippen molar-refractivity contribution < 1.29 is 13.0 Å². The van der Waals surface area contributed by atoms with Gasteiger partial charge in [-0.15, -0.1) is 0 Å². The Bertz CT molecular complexity index is 853. The molecule has 3 rings (SSSR count). The van der Waals surface area contributed by atoms with Crippen LogP contribution in [0.4, 0.5) is 0 Å². The van der Waals surface area contributed by atoms with Gasteiger partial charge in [0.25, 0.3) is 0 Å². The van der Waals surface area contributed by atoms with Gasteiger partial charge in [0.2, 0.25) is 0 Å². The molecule has 170 valence electrons. The fourth-order valence-electron chi connectivity index (χ4n) is 4.76. The molecule has 0 bridgehead atoms. The second-order valence-electron chi connectivity index (χ2n) is 9.64. The summed E-state index contributed by atoms with van der Waals surface area (Å²) in [6.07, 6.45) is 1.31. The van der Waals surface area contributed by atoms with Crippen LogP contribution in [0.5, 0.6) is 0 Å². The van der Waals surface area contributed by atoms with Gasteiger partial charge in [0.1, 0.15) is 0 Å². The summed E-state index contributed by atoms with van der Waals surface area (Å²) in [7, 11) is -5.26. The van der Waals surface area contributed by atoms with Gasteiger partial charge in [-0.3, -0.25) is 0 Å². The number of nitrogens with zero attached hydrogens (tertiary/aromatic N) is 1. The Labute approximate surface area is 187 Å². The molecule has 1 aromatic heterocycles. The van der Waals surface area contributed by atoms with E-state index in [1.165, 1.54) is 6.07 Å². The predicted molar refractivity (Wildman–Crippen MR) is 124 cm³/mol. The van der Waals surface area contributed by atoms with Crippen LogP contribution in [0, 0.1) is 0 Å². The maximum atomic E-state index is 12.6. The van der Waals surface area contributed by atoms with E-state index in [0.29, 0.717) is 11.1 Å². The summed E-state index contributed by atoms with van der Waals surface area (Å²) < 4.78 is 22.9. The Kier molecular flexibility index (Phi) is 7.09. The van der Waals surface area contributed by atoms with Crippen molar-refractivity contribution in [2.24, 2.45) is 0 Å². The molecule has 3 heterocycles. The molecule has 2 aliphatic heterocycles. The van der Waals surface area contributed by atoms with Gasteiger partial charge in [0.05, 0.1) is 0 Å². The minimum atomic E-state index is -2.68. The van der Waals surface area contributed by atoms with Crippen LogP contribution in [0.3, 0.4) is 0 Å². The molecule has 7 nitrogen and oxygen atoms in total. The Morgan fingerprint density at radius 3 is 2.00 bits per heavy atom. The molecule has 2 saturated heterocycles. The van der Waals surface area contributed by atoms with Crippen molar-refractivity contribution >= 4 is 32.1 Å². The molecular formula is C20H36N2O5SeSi2.